The van der Waals surface area contributed by atoms with E-state index in [0.717, 1.165) is 16.7 Å². The number of aryl methyl sites for hydroxylation is 1. The summed E-state index contributed by atoms with van der Waals surface area (Å²) in [5.41, 5.74) is 3.17. The van der Waals surface area contributed by atoms with E-state index in [1.165, 1.54) is 0 Å². The first-order valence-corrected chi connectivity index (χ1v) is 11.3. The number of carbonyl (C=O) groups excluding carboxylic acids is 2. The van der Waals surface area contributed by atoms with Crippen LogP contribution in [0.25, 0.3) is 11.1 Å². The zero-order valence-corrected chi connectivity index (χ0v) is 18.8. The summed E-state index contributed by atoms with van der Waals surface area (Å²) in [5.74, 6) is -0.0964. The van der Waals surface area contributed by atoms with E-state index in [1.807, 2.05) is 44.3 Å². The first-order valence-electron chi connectivity index (χ1n) is 11.3. The Morgan fingerprint density at radius 2 is 1.81 bits per heavy atom. The van der Waals surface area contributed by atoms with Crippen LogP contribution in [0.1, 0.15) is 36.3 Å². The average molecular weight is 431 g/mol. The Hall–Kier alpha value is -3.41. The Morgan fingerprint density at radius 3 is 2.53 bits per heavy atom. The molecule has 6 heteroatoms. The van der Waals surface area contributed by atoms with E-state index in [4.69, 9.17) is 0 Å². The summed E-state index contributed by atoms with van der Waals surface area (Å²) in [6.45, 7) is 6.14. The van der Waals surface area contributed by atoms with Crippen LogP contribution in [-0.2, 0) is 17.8 Å². The quantitative estimate of drug-likeness (QED) is 0.620. The Morgan fingerprint density at radius 1 is 1.03 bits per heavy atom. The molecule has 1 aliphatic rings. The highest BCUT2D eigenvalue weighted by molar-refractivity contribution is 5.93. The number of hydrogen-bond acceptors (Lipinski definition) is 3. The Kier molecular flexibility index (Phi) is 6.40. The normalized spacial score (nSPS) is 18.0. The Bertz CT molecular complexity index is 1090. The van der Waals surface area contributed by atoms with Crippen LogP contribution in [0.5, 0.6) is 0 Å². The second-order valence-electron chi connectivity index (χ2n) is 8.42. The molecule has 1 atom stereocenters. The van der Waals surface area contributed by atoms with Crippen LogP contribution in [-0.4, -0.2) is 46.1 Å². The maximum atomic E-state index is 13.2. The van der Waals surface area contributed by atoms with Crippen molar-refractivity contribution in [1.29, 1.82) is 0 Å². The van der Waals surface area contributed by atoms with Gasteiger partial charge in [0.25, 0.3) is 5.91 Å². The van der Waals surface area contributed by atoms with Crippen molar-refractivity contribution in [2.75, 3.05) is 19.6 Å². The van der Waals surface area contributed by atoms with Crippen molar-refractivity contribution in [2.45, 2.75) is 33.2 Å². The molecule has 1 N–H and O–H groups in total. The molecule has 2 heterocycles. The van der Waals surface area contributed by atoms with Gasteiger partial charge in [-0.3, -0.25) is 14.3 Å². The predicted octanol–water partition coefficient (Wildman–Crippen LogP) is 3.78. The van der Waals surface area contributed by atoms with E-state index in [1.54, 1.807) is 15.6 Å². The number of nitrogens with one attached hydrogen (secondary N) is 1. The molecule has 0 spiro atoms. The molecule has 2 aromatic carbocycles. The smallest absolute Gasteiger partial charge is 0.274 e. The second-order valence-corrected chi connectivity index (χ2v) is 8.42. The third-order valence-electron chi connectivity index (χ3n) is 6.22. The van der Waals surface area contributed by atoms with E-state index in [-0.39, 0.29) is 11.8 Å². The van der Waals surface area contributed by atoms with Crippen molar-refractivity contribution in [2.24, 2.45) is 5.41 Å². The number of benzene rings is 2. The van der Waals surface area contributed by atoms with Gasteiger partial charge in [0.15, 0.2) is 0 Å². The fourth-order valence-electron chi connectivity index (χ4n) is 4.50. The van der Waals surface area contributed by atoms with Gasteiger partial charge in [0.1, 0.15) is 5.69 Å². The zero-order chi connectivity index (χ0) is 22.6. The number of hydrogen-bond donors (Lipinski definition) is 1. The maximum absolute atomic E-state index is 13.2. The van der Waals surface area contributed by atoms with Crippen molar-refractivity contribution in [3.05, 3.63) is 78.1 Å². The van der Waals surface area contributed by atoms with E-state index < -0.39 is 5.41 Å². The molecule has 1 unspecified atom stereocenters. The topological polar surface area (TPSA) is 67.2 Å². The van der Waals surface area contributed by atoms with Gasteiger partial charge in [-0.1, -0.05) is 54.6 Å². The van der Waals surface area contributed by atoms with Crippen LogP contribution in [0.2, 0.25) is 0 Å². The number of nitrogens with zero attached hydrogens (tertiary/aromatic N) is 3. The number of aromatic nitrogens is 2. The minimum atomic E-state index is -0.645. The van der Waals surface area contributed by atoms with Crippen molar-refractivity contribution >= 4 is 11.8 Å². The number of amides is 2. The van der Waals surface area contributed by atoms with Gasteiger partial charge < -0.3 is 10.2 Å². The lowest BCUT2D eigenvalue weighted by atomic mass is 9.79. The van der Waals surface area contributed by atoms with Gasteiger partial charge in [0, 0.05) is 32.4 Å². The lowest BCUT2D eigenvalue weighted by Gasteiger charge is -2.28. The molecule has 0 aliphatic carbocycles. The first kappa shape index (κ1) is 21.8. The van der Waals surface area contributed by atoms with Gasteiger partial charge in [0.2, 0.25) is 5.91 Å². The van der Waals surface area contributed by atoms with Crippen molar-refractivity contribution < 1.29 is 9.59 Å². The molecule has 0 bridgehead atoms. The van der Waals surface area contributed by atoms with Gasteiger partial charge in [-0.25, -0.2) is 0 Å². The molecule has 6 nitrogen and oxygen atoms in total. The Balaban J connectivity index is 1.58. The van der Waals surface area contributed by atoms with Gasteiger partial charge in [-0.15, -0.1) is 0 Å². The molecule has 1 fully saturated rings. The Labute approximate surface area is 189 Å². The van der Waals surface area contributed by atoms with Crippen LogP contribution in [0.4, 0.5) is 0 Å². The fourth-order valence-corrected chi connectivity index (χ4v) is 4.50. The van der Waals surface area contributed by atoms with Gasteiger partial charge in [0.05, 0.1) is 5.41 Å². The highest BCUT2D eigenvalue weighted by Gasteiger charge is 2.46. The molecule has 1 aliphatic heterocycles. The van der Waals surface area contributed by atoms with Crippen LogP contribution >= 0.6 is 0 Å². The first-order chi connectivity index (χ1) is 15.5. The van der Waals surface area contributed by atoms with Crippen LogP contribution < -0.4 is 5.32 Å². The molecule has 1 saturated heterocycles. The van der Waals surface area contributed by atoms with E-state index in [9.17, 15) is 9.59 Å². The third kappa shape index (κ3) is 4.44. The molecule has 0 saturated carbocycles. The molecule has 3 aromatic rings. The summed E-state index contributed by atoms with van der Waals surface area (Å²) in [6, 6.07) is 20.3. The van der Waals surface area contributed by atoms with Gasteiger partial charge >= 0.3 is 0 Å². The molecule has 1 aromatic heterocycles. The third-order valence-corrected chi connectivity index (χ3v) is 6.22. The van der Waals surface area contributed by atoms with Crippen molar-refractivity contribution in [1.82, 2.24) is 20.0 Å². The molecule has 166 valence electrons. The summed E-state index contributed by atoms with van der Waals surface area (Å²) < 4.78 is 1.75. The molecule has 32 heavy (non-hydrogen) atoms. The molecule has 2 amide bonds. The van der Waals surface area contributed by atoms with Gasteiger partial charge in [-0.2, -0.15) is 5.10 Å². The summed E-state index contributed by atoms with van der Waals surface area (Å²) >= 11 is 0. The molecule has 0 radical (unpaired) electrons. The number of carbonyl (C=O) groups is 2. The fraction of sp³-hybridized carbons (Fsp3) is 0.346. The minimum Gasteiger partial charge on any atom is -0.356 e. The number of likely N-dealkylation sites (tertiary alicyclic amines) is 1. The summed E-state index contributed by atoms with van der Waals surface area (Å²) in [5, 5.41) is 7.37. The SMILES string of the molecule is CCNC(=O)C1(Cc2cccc(-c3ccccc3)c2)CCN(C(=O)c2ccn(CC)n2)C1. The summed E-state index contributed by atoms with van der Waals surface area (Å²) in [7, 11) is 0. The molecular formula is C26H30N4O2. The summed E-state index contributed by atoms with van der Waals surface area (Å²) in [6.07, 6.45) is 3.04. The molecule has 4 rings (SSSR count). The van der Waals surface area contributed by atoms with Crippen LogP contribution in [0.15, 0.2) is 66.9 Å². The van der Waals surface area contributed by atoms with Crippen LogP contribution in [0, 0.1) is 5.41 Å². The lowest BCUT2D eigenvalue weighted by Crippen LogP contribution is -2.45. The van der Waals surface area contributed by atoms with Crippen molar-refractivity contribution in [3.8, 4) is 11.1 Å². The zero-order valence-electron chi connectivity index (χ0n) is 18.8. The monoisotopic (exact) mass is 430 g/mol. The van der Waals surface area contributed by atoms with E-state index in [2.05, 4.69) is 40.7 Å². The largest absolute Gasteiger partial charge is 0.356 e. The van der Waals surface area contributed by atoms with Crippen molar-refractivity contribution in [3.63, 3.8) is 0 Å². The highest BCUT2D eigenvalue weighted by atomic mass is 16.2. The minimum absolute atomic E-state index is 0.0134. The standard InChI is InChI=1S/C26H30N4O2/c1-3-27-25(32)26(14-16-29(19-26)24(31)23-13-15-30(4-2)28-23)18-20-9-8-12-22(17-20)21-10-6-5-7-11-21/h5-13,15,17H,3-4,14,16,18-19H2,1-2H3,(H,27,32). The molecular weight excluding hydrogens is 400 g/mol. The maximum Gasteiger partial charge on any atom is 0.274 e. The van der Waals surface area contributed by atoms with E-state index >= 15 is 0 Å². The lowest BCUT2D eigenvalue weighted by molar-refractivity contribution is -0.130. The average Bonchev–Trinajstić information content (AvgIpc) is 3.48. The van der Waals surface area contributed by atoms with E-state index in [0.29, 0.717) is 44.7 Å². The number of rotatable bonds is 7. The highest BCUT2D eigenvalue weighted by Crippen LogP contribution is 2.36. The predicted molar refractivity (Wildman–Crippen MR) is 125 cm³/mol. The second kappa shape index (κ2) is 9.39. The van der Waals surface area contributed by atoms with Crippen LogP contribution in [0.3, 0.4) is 0 Å². The van der Waals surface area contributed by atoms with Gasteiger partial charge in [-0.05, 0) is 49.4 Å². The summed E-state index contributed by atoms with van der Waals surface area (Å²) in [4.78, 5) is 28.0.